The number of anilines is 1. The molecule has 3 aromatic rings. The lowest BCUT2D eigenvalue weighted by Gasteiger charge is -2.14. The van der Waals surface area contributed by atoms with Gasteiger partial charge < -0.3 is 0 Å². The summed E-state index contributed by atoms with van der Waals surface area (Å²) in [4.78, 5) is 16.8. The highest BCUT2D eigenvalue weighted by atomic mass is 19.4. The number of nitrogens with one attached hydrogen (secondary N) is 1. The Balaban J connectivity index is 2.32. The number of halogens is 3. The molecule has 0 bridgehead atoms. The van der Waals surface area contributed by atoms with Gasteiger partial charge in [0.1, 0.15) is 0 Å². The number of nitrogens with zero attached hydrogens (tertiary/aromatic N) is 2. The predicted molar refractivity (Wildman–Crippen MR) is 80.2 cm³/mol. The quantitative estimate of drug-likeness (QED) is 0.562. The Morgan fingerprint density at radius 1 is 1.09 bits per heavy atom. The molecule has 23 heavy (non-hydrogen) atoms. The summed E-state index contributed by atoms with van der Waals surface area (Å²) in [6.07, 6.45) is -4.51. The van der Waals surface area contributed by atoms with Gasteiger partial charge in [-0.2, -0.15) is 13.2 Å². The molecule has 1 aromatic heterocycles. The van der Waals surface area contributed by atoms with E-state index in [0.717, 1.165) is 16.7 Å². The number of alkyl halides is 3. The maximum absolute atomic E-state index is 12.9. The van der Waals surface area contributed by atoms with Crippen LogP contribution >= 0.6 is 0 Å². The molecule has 0 unspecified atom stereocenters. The molecule has 0 radical (unpaired) electrons. The van der Waals surface area contributed by atoms with Crippen molar-refractivity contribution in [2.75, 3.05) is 5.43 Å². The van der Waals surface area contributed by atoms with Gasteiger partial charge in [0.2, 0.25) is 5.95 Å². The van der Waals surface area contributed by atoms with E-state index >= 15 is 0 Å². The molecule has 0 atom stereocenters. The van der Waals surface area contributed by atoms with Gasteiger partial charge in [-0.05, 0) is 30.3 Å². The van der Waals surface area contributed by atoms with Crippen LogP contribution in [0, 0.1) is 0 Å². The maximum Gasteiger partial charge on any atom is 0.416 e. The minimum atomic E-state index is -4.51. The molecule has 0 aliphatic carbocycles. The molecule has 118 valence electrons. The maximum atomic E-state index is 12.9. The van der Waals surface area contributed by atoms with Crippen LogP contribution in [0.1, 0.15) is 5.56 Å². The molecule has 3 N–H and O–H groups in total. The minimum absolute atomic E-state index is 0.0241. The number of nitrogen functional groups attached to an aromatic ring is 1. The topological polar surface area (TPSA) is 72.9 Å². The second-order valence-electron chi connectivity index (χ2n) is 4.79. The van der Waals surface area contributed by atoms with Crippen molar-refractivity contribution in [2.24, 2.45) is 5.84 Å². The summed E-state index contributed by atoms with van der Waals surface area (Å²) >= 11 is 0. The van der Waals surface area contributed by atoms with E-state index in [4.69, 9.17) is 5.84 Å². The van der Waals surface area contributed by atoms with E-state index in [1.54, 1.807) is 24.3 Å². The standard InChI is InChI=1S/C15H11F3N4O/c16-15(17,18)9-4-3-5-10(8-9)22-13(23)11-6-1-2-7-12(11)20-14(22)21-19/h1-8H,19H2,(H,20,21). The molecule has 0 saturated heterocycles. The Labute approximate surface area is 128 Å². The lowest BCUT2D eigenvalue weighted by atomic mass is 10.2. The van der Waals surface area contributed by atoms with Crippen LogP contribution in [-0.2, 0) is 6.18 Å². The van der Waals surface area contributed by atoms with E-state index in [9.17, 15) is 18.0 Å². The van der Waals surface area contributed by atoms with Crippen LogP contribution in [0.4, 0.5) is 19.1 Å². The SMILES string of the molecule is NNc1nc2ccccc2c(=O)n1-c1cccc(C(F)(F)F)c1. The Morgan fingerprint density at radius 3 is 2.52 bits per heavy atom. The van der Waals surface area contributed by atoms with Gasteiger partial charge in [0.05, 0.1) is 22.2 Å². The molecule has 0 spiro atoms. The number of hydrogen-bond acceptors (Lipinski definition) is 4. The molecule has 8 heteroatoms. The molecule has 1 heterocycles. The third kappa shape index (κ3) is 2.64. The van der Waals surface area contributed by atoms with E-state index in [-0.39, 0.29) is 17.0 Å². The Morgan fingerprint density at radius 2 is 1.83 bits per heavy atom. The Kier molecular flexibility index (Phi) is 3.53. The predicted octanol–water partition coefficient (Wildman–Crippen LogP) is 2.69. The van der Waals surface area contributed by atoms with Crippen LogP contribution in [0.25, 0.3) is 16.6 Å². The van der Waals surface area contributed by atoms with Crippen molar-refractivity contribution in [1.29, 1.82) is 0 Å². The number of benzene rings is 2. The number of rotatable bonds is 2. The Hall–Kier alpha value is -2.87. The van der Waals surface area contributed by atoms with E-state index in [1.165, 1.54) is 12.1 Å². The van der Waals surface area contributed by atoms with Gasteiger partial charge in [0, 0.05) is 0 Å². The summed E-state index contributed by atoms with van der Waals surface area (Å²) in [6.45, 7) is 0. The van der Waals surface area contributed by atoms with Crippen LogP contribution in [0.2, 0.25) is 0 Å². The van der Waals surface area contributed by atoms with Crippen molar-refractivity contribution >= 4 is 16.9 Å². The monoisotopic (exact) mass is 320 g/mol. The molecular weight excluding hydrogens is 309 g/mol. The highest BCUT2D eigenvalue weighted by molar-refractivity contribution is 5.79. The molecule has 0 amide bonds. The van der Waals surface area contributed by atoms with Gasteiger partial charge in [-0.15, -0.1) is 0 Å². The summed E-state index contributed by atoms with van der Waals surface area (Å²) in [5.74, 6) is 5.33. The van der Waals surface area contributed by atoms with Crippen LogP contribution in [-0.4, -0.2) is 9.55 Å². The third-order valence-electron chi connectivity index (χ3n) is 3.34. The van der Waals surface area contributed by atoms with E-state index in [0.29, 0.717) is 5.52 Å². The van der Waals surface area contributed by atoms with Gasteiger partial charge >= 0.3 is 6.18 Å². The van der Waals surface area contributed by atoms with Gasteiger partial charge in [0.15, 0.2) is 0 Å². The molecule has 0 saturated carbocycles. The van der Waals surface area contributed by atoms with Crippen molar-refractivity contribution < 1.29 is 13.2 Å². The van der Waals surface area contributed by atoms with Crippen molar-refractivity contribution in [2.45, 2.75) is 6.18 Å². The third-order valence-corrected chi connectivity index (χ3v) is 3.34. The molecule has 0 fully saturated rings. The number of nitrogens with two attached hydrogens (primary N) is 1. The van der Waals surface area contributed by atoms with Crippen molar-refractivity contribution in [3.63, 3.8) is 0 Å². The fraction of sp³-hybridized carbons (Fsp3) is 0.0667. The first-order chi connectivity index (χ1) is 10.9. The summed E-state index contributed by atoms with van der Waals surface area (Å²) in [7, 11) is 0. The van der Waals surface area contributed by atoms with Gasteiger partial charge in [-0.3, -0.25) is 10.2 Å². The smallest absolute Gasteiger partial charge is 0.293 e. The Bertz CT molecular complexity index is 934. The molecular formula is C15H11F3N4O. The first-order valence-electron chi connectivity index (χ1n) is 6.58. The van der Waals surface area contributed by atoms with Crippen LogP contribution in [0.5, 0.6) is 0 Å². The second-order valence-corrected chi connectivity index (χ2v) is 4.79. The lowest BCUT2D eigenvalue weighted by molar-refractivity contribution is -0.137. The fourth-order valence-electron chi connectivity index (χ4n) is 2.29. The van der Waals surface area contributed by atoms with E-state index < -0.39 is 17.3 Å². The highest BCUT2D eigenvalue weighted by Crippen LogP contribution is 2.30. The second kappa shape index (κ2) is 5.40. The summed E-state index contributed by atoms with van der Waals surface area (Å²) < 4.78 is 39.6. The number of aromatic nitrogens is 2. The average molecular weight is 320 g/mol. The van der Waals surface area contributed by atoms with Crippen molar-refractivity contribution in [3.8, 4) is 5.69 Å². The zero-order chi connectivity index (χ0) is 16.6. The zero-order valence-electron chi connectivity index (χ0n) is 11.6. The first kappa shape index (κ1) is 15.0. The van der Waals surface area contributed by atoms with Crippen molar-refractivity contribution in [3.05, 3.63) is 64.4 Å². The summed E-state index contributed by atoms with van der Waals surface area (Å²) in [5, 5.41) is 0.281. The average Bonchev–Trinajstić information content (AvgIpc) is 2.54. The van der Waals surface area contributed by atoms with Gasteiger partial charge in [-0.1, -0.05) is 18.2 Å². The van der Waals surface area contributed by atoms with E-state index in [2.05, 4.69) is 10.4 Å². The molecule has 5 nitrogen and oxygen atoms in total. The fourth-order valence-corrected chi connectivity index (χ4v) is 2.29. The summed E-state index contributed by atoms with van der Waals surface area (Å²) in [5.41, 5.74) is 1.30. The van der Waals surface area contributed by atoms with Crippen LogP contribution < -0.4 is 16.8 Å². The highest BCUT2D eigenvalue weighted by Gasteiger charge is 2.30. The minimum Gasteiger partial charge on any atom is -0.293 e. The van der Waals surface area contributed by atoms with Crippen LogP contribution in [0.3, 0.4) is 0 Å². The number of para-hydroxylation sites is 1. The number of hydrogen-bond donors (Lipinski definition) is 2. The lowest BCUT2D eigenvalue weighted by Crippen LogP contribution is -2.26. The molecule has 3 rings (SSSR count). The zero-order valence-corrected chi connectivity index (χ0v) is 11.6. The first-order valence-corrected chi connectivity index (χ1v) is 6.58. The normalized spacial score (nSPS) is 11.7. The van der Waals surface area contributed by atoms with Gasteiger partial charge in [-0.25, -0.2) is 15.4 Å². The molecule has 0 aliphatic rings. The molecule has 0 aliphatic heterocycles. The molecule has 2 aromatic carbocycles. The van der Waals surface area contributed by atoms with Crippen LogP contribution in [0.15, 0.2) is 53.3 Å². The largest absolute Gasteiger partial charge is 0.416 e. The number of fused-ring (bicyclic) bond motifs is 1. The van der Waals surface area contributed by atoms with E-state index in [1.807, 2.05) is 0 Å². The van der Waals surface area contributed by atoms with Crippen molar-refractivity contribution in [1.82, 2.24) is 9.55 Å². The number of hydrazine groups is 1. The summed E-state index contributed by atoms with van der Waals surface area (Å²) in [6, 6.07) is 10.9. The van der Waals surface area contributed by atoms with Gasteiger partial charge in [0.25, 0.3) is 5.56 Å².